The van der Waals surface area contributed by atoms with Gasteiger partial charge in [0, 0.05) is 22.3 Å². The minimum atomic E-state index is -0.755. The van der Waals surface area contributed by atoms with Gasteiger partial charge >= 0.3 is 5.97 Å². The molecule has 0 bridgehead atoms. The van der Waals surface area contributed by atoms with Crippen molar-refractivity contribution in [3.8, 4) is 0 Å². The lowest BCUT2D eigenvalue weighted by molar-refractivity contribution is -0.137. The predicted molar refractivity (Wildman–Crippen MR) is 74.0 cm³/mol. The van der Waals surface area contributed by atoms with E-state index in [1.165, 1.54) is 0 Å². The molecule has 0 spiro atoms. The Kier molecular flexibility index (Phi) is 4.24. The van der Waals surface area contributed by atoms with Gasteiger partial charge in [0.1, 0.15) is 11.3 Å². The third-order valence-electron chi connectivity index (χ3n) is 2.61. The molecule has 4 nitrogen and oxygen atoms in total. The highest BCUT2D eigenvalue weighted by atomic mass is 79.9. The number of unbranched alkanes of at least 4 members (excludes halogenated alkanes) is 1. The molecule has 0 aliphatic rings. The van der Waals surface area contributed by atoms with Crippen LogP contribution in [0.1, 0.15) is 25.1 Å². The normalized spacial score (nSPS) is 11.0. The van der Waals surface area contributed by atoms with Crippen LogP contribution in [0, 0.1) is 0 Å². The third-order valence-corrected chi connectivity index (χ3v) is 3.43. The highest BCUT2D eigenvalue weighted by molar-refractivity contribution is 9.10. The molecule has 1 heterocycles. The Balaban J connectivity index is 2.06. The van der Waals surface area contributed by atoms with Crippen LogP contribution in [-0.2, 0) is 11.2 Å². The van der Waals surface area contributed by atoms with E-state index in [-0.39, 0.29) is 6.42 Å². The first-order valence-corrected chi connectivity index (χ1v) is 6.79. The van der Waals surface area contributed by atoms with Gasteiger partial charge in [0.15, 0.2) is 0 Å². The van der Waals surface area contributed by atoms with Gasteiger partial charge in [-0.05, 0) is 40.9 Å². The van der Waals surface area contributed by atoms with Gasteiger partial charge in [-0.2, -0.15) is 0 Å². The van der Waals surface area contributed by atoms with Crippen LogP contribution in [0.4, 0.5) is 0 Å². The summed E-state index contributed by atoms with van der Waals surface area (Å²) in [6, 6.07) is 3.63. The standard InChI is InChI=1S/C12H12BrClN2O2/c13-8-5-7(14)6-9-12(8)16-10(15-9)3-1-2-4-11(17)18/h5-6H,1-4H2,(H,15,16)(H,17,18). The molecular formula is C12H12BrClN2O2. The molecule has 0 atom stereocenters. The Morgan fingerprint density at radius 3 is 2.94 bits per heavy atom. The van der Waals surface area contributed by atoms with E-state index in [0.29, 0.717) is 11.4 Å². The fourth-order valence-electron chi connectivity index (χ4n) is 1.78. The minimum Gasteiger partial charge on any atom is -0.481 e. The summed E-state index contributed by atoms with van der Waals surface area (Å²) in [5.41, 5.74) is 1.75. The molecule has 2 N–H and O–H groups in total. The number of nitrogens with one attached hydrogen (secondary N) is 1. The molecule has 1 aromatic carbocycles. The zero-order valence-corrected chi connectivity index (χ0v) is 11.9. The Bertz CT molecular complexity index is 583. The Morgan fingerprint density at radius 2 is 2.22 bits per heavy atom. The lowest BCUT2D eigenvalue weighted by atomic mass is 10.2. The SMILES string of the molecule is O=C(O)CCCCc1nc2c(Br)cc(Cl)cc2[nH]1. The van der Waals surface area contributed by atoms with E-state index in [1.54, 1.807) is 6.07 Å². The monoisotopic (exact) mass is 330 g/mol. The molecule has 0 saturated carbocycles. The van der Waals surface area contributed by atoms with E-state index in [4.69, 9.17) is 16.7 Å². The smallest absolute Gasteiger partial charge is 0.303 e. The second-order valence-electron chi connectivity index (χ2n) is 4.07. The van der Waals surface area contributed by atoms with Crippen molar-refractivity contribution in [3.05, 3.63) is 27.5 Å². The van der Waals surface area contributed by atoms with E-state index in [2.05, 4.69) is 25.9 Å². The molecule has 96 valence electrons. The number of hydrogen-bond donors (Lipinski definition) is 2. The van der Waals surface area contributed by atoms with Crippen molar-refractivity contribution in [1.29, 1.82) is 0 Å². The van der Waals surface area contributed by atoms with Crippen molar-refractivity contribution in [1.82, 2.24) is 9.97 Å². The van der Waals surface area contributed by atoms with Gasteiger partial charge in [0.05, 0.1) is 5.52 Å². The van der Waals surface area contributed by atoms with E-state index in [0.717, 1.165) is 34.2 Å². The fraction of sp³-hybridized carbons (Fsp3) is 0.333. The zero-order chi connectivity index (χ0) is 13.1. The molecule has 18 heavy (non-hydrogen) atoms. The van der Waals surface area contributed by atoms with E-state index in [9.17, 15) is 4.79 Å². The number of benzene rings is 1. The summed E-state index contributed by atoms with van der Waals surface area (Å²) in [4.78, 5) is 18.0. The molecule has 0 unspecified atom stereocenters. The molecule has 6 heteroatoms. The van der Waals surface area contributed by atoms with Crippen LogP contribution < -0.4 is 0 Å². The van der Waals surface area contributed by atoms with E-state index < -0.39 is 5.97 Å². The number of aliphatic carboxylic acids is 1. The van der Waals surface area contributed by atoms with Crippen LogP contribution in [0.2, 0.25) is 5.02 Å². The number of fused-ring (bicyclic) bond motifs is 1. The number of imidazole rings is 1. The predicted octanol–water partition coefficient (Wildman–Crippen LogP) is 3.78. The van der Waals surface area contributed by atoms with E-state index >= 15 is 0 Å². The summed E-state index contributed by atoms with van der Waals surface area (Å²) in [6.07, 6.45) is 2.41. The maximum atomic E-state index is 10.4. The second kappa shape index (κ2) is 5.71. The van der Waals surface area contributed by atoms with Crippen LogP contribution in [0.25, 0.3) is 11.0 Å². The molecular weight excluding hydrogens is 320 g/mol. The van der Waals surface area contributed by atoms with Gasteiger partial charge in [-0.25, -0.2) is 4.98 Å². The third kappa shape index (κ3) is 3.23. The van der Waals surface area contributed by atoms with Gasteiger partial charge in [0.25, 0.3) is 0 Å². The summed E-state index contributed by atoms with van der Waals surface area (Å²) in [5, 5.41) is 9.20. The summed E-state index contributed by atoms with van der Waals surface area (Å²) >= 11 is 9.37. The number of halogens is 2. The lowest BCUT2D eigenvalue weighted by Gasteiger charge is -1.95. The largest absolute Gasteiger partial charge is 0.481 e. The maximum absolute atomic E-state index is 10.4. The van der Waals surface area contributed by atoms with Crippen molar-refractivity contribution >= 4 is 44.5 Å². The number of aromatic amines is 1. The first-order chi connectivity index (χ1) is 8.56. The van der Waals surface area contributed by atoms with Crippen LogP contribution in [0.15, 0.2) is 16.6 Å². The number of aryl methyl sites for hydroxylation is 1. The van der Waals surface area contributed by atoms with Crippen molar-refractivity contribution in [2.24, 2.45) is 0 Å². The number of rotatable bonds is 5. The molecule has 1 aromatic heterocycles. The number of H-pyrrole nitrogens is 1. The number of carboxylic acid groups (broad SMARTS) is 1. The highest BCUT2D eigenvalue weighted by Crippen LogP contribution is 2.26. The first-order valence-electron chi connectivity index (χ1n) is 5.61. The quantitative estimate of drug-likeness (QED) is 0.819. The van der Waals surface area contributed by atoms with Gasteiger partial charge in [-0.3, -0.25) is 4.79 Å². The van der Waals surface area contributed by atoms with Gasteiger partial charge in [-0.15, -0.1) is 0 Å². The summed E-state index contributed by atoms with van der Waals surface area (Å²) in [7, 11) is 0. The topological polar surface area (TPSA) is 66.0 Å². The zero-order valence-electron chi connectivity index (χ0n) is 9.54. The summed E-state index contributed by atoms with van der Waals surface area (Å²) < 4.78 is 0.859. The summed E-state index contributed by atoms with van der Waals surface area (Å²) in [5.74, 6) is 0.104. The Labute approximate surface area is 117 Å². The number of carbonyl (C=O) groups is 1. The van der Waals surface area contributed by atoms with Gasteiger partial charge < -0.3 is 10.1 Å². The molecule has 0 aliphatic heterocycles. The molecule has 0 radical (unpaired) electrons. The van der Waals surface area contributed by atoms with Gasteiger partial charge in [-0.1, -0.05) is 11.6 Å². The molecule has 0 amide bonds. The Morgan fingerprint density at radius 1 is 1.44 bits per heavy atom. The lowest BCUT2D eigenvalue weighted by Crippen LogP contribution is -1.95. The molecule has 0 aliphatic carbocycles. The minimum absolute atomic E-state index is 0.204. The van der Waals surface area contributed by atoms with Crippen LogP contribution >= 0.6 is 27.5 Å². The number of aromatic nitrogens is 2. The number of hydrogen-bond acceptors (Lipinski definition) is 2. The molecule has 2 aromatic rings. The van der Waals surface area contributed by atoms with Crippen molar-refractivity contribution in [3.63, 3.8) is 0 Å². The average molecular weight is 332 g/mol. The highest BCUT2D eigenvalue weighted by Gasteiger charge is 2.07. The van der Waals surface area contributed by atoms with Crippen LogP contribution in [0.3, 0.4) is 0 Å². The van der Waals surface area contributed by atoms with Gasteiger partial charge in [0.2, 0.25) is 0 Å². The van der Waals surface area contributed by atoms with Crippen molar-refractivity contribution in [2.45, 2.75) is 25.7 Å². The van der Waals surface area contributed by atoms with E-state index in [1.807, 2.05) is 6.07 Å². The van der Waals surface area contributed by atoms with Crippen LogP contribution in [-0.4, -0.2) is 21.0 Å². The number of carboxylic acids is 1. The Hall–Kier alpha value is -1.07. The molecule has 0 saturated heterocycles. The molecule has 0 fully saturated rings. The van der Waals surface area contributed by atoms with Crippen LogP contribution in [0.5, 0.6) is 0 Å². The van der Waals surface area contributed by atoms with Crippen molar-refractivity contribution in [2.75, 3.05) is 0 Å². The first kappa shape index (κ1) is 13.4. The number of nitrogens with zero attached hydrogens (tertiary/aromatic N) is 1. The second-order valence-corrected chi connectivity index (χ2v) is 5.36. The summed E-state index contributed by atoms with van der Waals surface area (Å²) in [6.45, 7) is 0. The fourth-order valence-corrected chi connectivity index (χ4v) is 2.68. The van der Waals surface area contributed by atoms with Crippen molar-refractivity contribution < 1.29 is 9.90 Å². The average Bonchev–Trinajstić information content (AvgIpc) is 2.67. The molecule has 2 rings (SSSR count). The maximum Gasteiger partial charge on any atom is 0.303 e.